The highest BCUT2D eigenvalue weighted by atomic mass is 19.1. The van der Waals surface area contributed by atoms with E-state index in [1.54, 1.807) is 73.7 Å². The Morgan fingerprint density at radius 2 is 1.21 bits per heavy atom. The quantitative estimate of drug-likeness (QED) is 0.241. The van der Waals surface area contributed by atoms with Crippen molar-refractivity contribution in [2.45, 2.75) is 24.3 Å². The Kier molecular flexibility index (Phi) is 9.26. The van der Waals surface area contributed by atoms with Crippen molar-refractivity contribution in [3.8, 4) is 24.2 Å². The lowest BCUT2D eigenvalue weighted by atomic mass is 9.97. The van der Waals surface area contributed by atoms with Crippen LogP contribution in [0.1, 0.15) is 63.4 Å². The fourth-order valence-electron chi connectivity index (χ4n) is 5.15. The number of halogens is 2. The number of pyridine rings is 2. The van der Waals surface area contributed by atoms with Gasteiger partial charge < -0.3 is 20.1 Å². The van der Waals surface area contributed by atoms with Crippen LogP contribution in [-0.4, -0.2) is 32.1 Å². The van der Waals surface area contributed by atoms with Crippen LogP contribution in [0.15, 0.2) is 104 Å². The number of ether oxygens (including phenoxy) is 2. The molecule has 0 saturated carbocycles. The Labute approximate surface area is 273 Å². The monoisotopic (exact) mass is 642 g/mol. The lowest BCUT2D eigenvalue weighted by Crippen LogP contribution is -2.19. The first-order valence-corrected chi connectivity index (χ1v) is 14.5. The van der Waals surface area contributed by atoms with Crippen molar-refractivity contribution in [3.05, 3.63) is 155 Å². The van der Waals surface area contributed by atoms with Crippen LogP contribution in [0.25, 0.3) is 0 Å². The molecule has 0 radical (unpaired) electrons. The first kappa shape index (κ1) is 31.3. The molecule has 10 nitrogen and oxygen atoms in total. The standard InChI is InChI=1S/C20H13FN4O2.C16H11FN2O2/c21-16-3-1-2-14(9-16)19-18(25-20(26)27-19)15-8-13(10-23-11-15)4-5-17-12-22-6-7-24-17;1-2-10-6-12(9-18-8-10)14-15(21-16(20)19-14)11-4-3-5-13(17)7-11/h1-3,6-12,18-19H,(H,25,26);1,3-9,14-15H,(H,19,20)/t18-,19-;14-,15-/m11/s1. The summed E-state index contributed by atoms with van der Waals surface area (Å²) < 4.78 is 37.5. The number of aromatic nitrogens is 4. The Morgan fingerprint density at radius 3 is 1.73 bits per heavy atom. The number of terminal acetylenes is 1. The van der Waals surface area contributed by atoms with Crippen LogP contribution in [0.5, 0.6) is 0 Å². The molecule has 0 unspecified atom stereocenters. The number of carbonyl (C=O) groups excluding carboxylic acids is 2. The Hall–Kier alpha value is -6.66. The molecule has 2 fully saturated rings. The summed E-state index contributed by atoms with van der Waals surface area (Å²) in [6.45, 7) is 0. The van der Waals surface area contributed by atoms with Crippen molar-refractivity contribution < 1.29 is 27.8 Å². The summed E-state index contributed by atoms with van der Waals surface area (Å²) >= 11 is 0. The number of carbonyl (C=O) groups is 2. The third-order valence-corrected chi connectivity index (χ3v) is 7.28. The first-order chi connectivity index (χ1) is 23.4. The summed E-state index contributed by atoms with van der Waals surface area (Å²) in [7, 11) is 0. The van der Waals surface area contributed by atoms with E-state index in [4.69, 9.17) is 15.9 Å². The van der Waals surface area contributed by atoms with Gasteiger partial charge in [0.2, 0.25) is 0 Å². The Balaban J connectivity index is 0.000000173. The normalized spacial score (nSPS) is 19.2. The van der Waals surface area contributed by atoms with Crippen LogP contribution in [0.3, 0.4) is 0 Å². The lowest BCUT2D eigenvalue weighted by molar-refractivity contribution is 0.131. The summed E-state index contributed by atoms with van der Waals surface area (Å²) in [5.41, 5.74) is 4.35. The zero-order chi connectivity index (χ0) is 33.5. The van der Waals surface area contributed by atoms with Crippen LogP contribution >= 0.6 is 0 Å². The number of nitrogens with zero attached hydrogens (tertiary/aromatic N) is 4. The number of hydrogen-bond acceptors (Lipinski definition) is 8. The average Bonchev–Trinajstić information content (AvgIpc) is 3.71. The van der Waals surface area contributed by atoms with Gasteiger partial charge in [-0.25, -0.2) is 23.4 Å². The van der Waals surface area contributed by atoms with Crippen LogP contribution in [-0.2, 0) is 9.47 Å². The van der Waals surface area contributed by atoms with Gasteiger partial charge in [0.05, 0.1) is 6.20 Å². The van der Waals surface area contributed by atoms with Gasteiger partial charge in [0, 0.05) is 48.3 Å². The third-order valence-electron chi connectivity index (χ3n) is 7.28. The smallest absolute Gasteiger partial charge is 0.408 e. The van der Waals surface area contributed by atoms with Gasteiger partial charge >= 0.3 is 12.2 Å². The van der Waals surface area contributed by atoms with Gasteiger partial charge in [0.1, 0.15) is 29.4 Å². The molecule has 236 valence electrons. The van der Waals surface area contributed by atoms with E-state index in [0.717, 1.165) is 0 Å². The fourth-order valence-corrected chi connectivity index (χ4v) is 5.15. The van der Waals surface area contributed by atoms with Crippen LogP contribution in [0.2, 0.25) is 0 Å². The van der Waals surface area contributed by atoms with E-state index < -0.39 is 42.3 Å². The lowest BCUT2D eigenvalue weighted by Gasteiger charge is -2.17. The second-order valence-electron chi connectivity index (χ2n) is 10.5. The molecule has 5 heterocycles. The molecule has 2 aromatic carbocycles. The van der Waals surface area contributed by atoms with E-state index >= 15 is 0 Å². The highest BCUT2D eigenvalue weighted by Gasteiger charge is 2.38. The van der Waals surface area contributed by atoms with Crippen molar-refractivity contribution >= 4 is 12.2 Å². The number of rotatable bonds is 4. The summed E-state index contributed by atoms with van der Waals surface area (Å²) in [5.74, 6) is 7.59. The predicted molar refractivity (Wildman–Crippen MR) is 167 cm³/mol. The third kappa shape index (κ3) is 7.41. The van der Waals surface area contributed by atoms with E-state index in [9.17, 15) is 18.4 Å². The zero-order valence-electron chi connectivity index (χ0n) is 24.9. The van der Waals surface area contributed by atoms with Gasteiger partial charge in [-0.1, -0.05) is 36.1 Å². The van der Waals surface area contributed by atoms with Crippen LogP contribution < -0.4 is 10.6 Å². The van der Waals surface area contributed by atoms with E-state index in [2.05, 4.69) is 48.3 Å². The molecule has 5 aromatic rings. The van der Waals surface area contributed by atoms with Crippen molar-refractivity contribution in [2.75, 3.05) is 0 Å². The highest BCUT2D eigenvalue weighted by Crippen LogP contribution is 2.38. The zero-order valence-corrected chi connectivity index (χ0v) is 24.9. The van der Waals surface area contributed by atoms with Gasteiger partial charge in [-0.2, -0.15) is 0 Å². The molecule has 2 saturated heterocycles. The van der Waals surface area contributed by atoms with Crippen molar-refractivity contribution in [1.29, 1.82) is 0 Å². The largest absolute Gasteiger partial charge is 0.439 e. The summed E-state index contributed by atoms with van der Waals surface area (Å²) in [6.07, 6.45) is 14.1. The van der Waals surface area contributed by atoms with Gasteiger partial charge in [0.25, 0.3) is 0 Å². The maximum atomic E-state index is 13.6. The van der Waals surface area contributed by atoms with Gasteiger partial charge in [-0.15, -0.1) is 6.42 Å². The number of amides is 2. The molecule has 48 heavy (non-hydrogen) atoms. The minimum Gasteiger partial charge on any atom is -0.439 e. The SMILES string of the molecule is C#Cc1cncc([C@H]2NC(=O)O[C@@H]2c2cccc(F)c2)c1.O=C1N[C@H](c2cncc(C#Cc3cnccn3)c2)[C@@H](c2cccc(F)c2)O1. The fraction of sp³-hybridized carbons (Fsp3) is 0.111. The maximum absolute atomic E-state index is 13.6. The molecule has 2 aliphatic rings. The molecule has 0 aliphatic carbocycles. The van der Waals surface area contributed by atoms with E-state index in [1.165, 1.54) is 24.3 Å². The van der Waals surface area contributed by atoms with Crippen LogP contribution in [0, 0.1) is 35.8 Å². The molecular weight excluding hydrogens is 618 g/mol. The number of hydrogen-bond donors (Lipinski definition) is 2. The topological polar surface area (TPSA) is 128 Å². The number of cyclic esters (lactones) is 2. The van der Waals surface area contributed by atoms with Crippen molar-refractivity contribution in [2.24, 2.45) is 0 Å². The van der Waals surface area contributed by atoms with Gasteiger partial charge in [-0.05, 0) is 64.6 Å². The molecule has 4 atom stereocenters. The molecule has 12 heteroatoms. The van der Waals surface area contributed by atoms with Crippen molar-refractivity contribution in [1.82, 2.24) is 30.6 Å². The average molecular weight is 643 g/mol. The van der Waals surface area contributed by atoms with Crippen LogP contribution in [0.4, 0.5) is 18.4 Å². The van der Waals surface area contributed by atoms with E-state index in [-0.39, 0.29) is 5.82 Å². The van der Waals surface area contributed by atoms with Gasteiger partial charge in [0.15, 0.2) is 12.2 Å². The number of nitrogens with one attached hydrogen (secondary N) is 2. The number of alkyl carbamates (subject to hydrolysis) is 2. The van der Waals surface area contributed by atoms with E-state index in [1.807, 2.05) is 6.07 Å². The molecule has 2 N–H and O–H groups in total. The van der Waals surface area contributed by atoms with E-state index in [0.29, 0.717) is 39.1 Å². The predicted octanol–water partition coefficient (Wildman–Crippen LogP) is 5.66. The molecule has 0 bridgehead atoms. The second-order valence-corrected chi connectivity index (χ2v) is 10.5. The van der Waals surface area contributed by atoms with Crippen molar-refractivity contribution in [3.63, 3.8) is 0 Å². The second kappa shape index (κ2) is 14.2. The Bertz CT molecular complexity index is 2080. The summed E-state index contributed by atoms with van der Waals surface area (Å²) in [5, 5.41) is 5.44. The number of benzene rings is 2. The first-order valence-electron chi connectivity index (χ1n) is 14.5. The highest BCUT2D eigenvalue weighted by molar-refractivity contribution is 5.72. The maximum Gasteiger partial charge on any atom is 0.408 e. The molecule has 2 amide bonds. The molecule has 3 aromatic heterocycles. The molecule has 7 rings (SSSR count). The minimum atomic E-state index is -0.654. The summed E-state index contributed by atoms with van der Waals surface area (Å²) in [4.78, 5) is 39.7. The Morgan fingerprint density at radius 1 is 0.646 bits per heavy atom. The van der Waals surface area contributed by atoms with Gasteiger partial charge in [-0.3, -0.25) is 15.0 Å². The molecule has 2 aliphatic heterocycles. The molecule has 0 spiro atoms. The summed E-state index contributed by atoms with van der Waals surface area (Å²) in [6, 6.07) is 14.5. The minimum absolute atomic E-state index is 0.385. The molecular formula is C36H24F2N6O4.